The van der Waals surface area contributed by atoms with E-state index < -0.39 is 0 Å². The fraction of sp³-hybridized carbons (Fsp3) is 0.474. The van der Waals surface area contributed by atoms with E-state index in [-0.39, 0.29) is 18.8 Å². The summed E-state index contributed by atoms with van der Waals surface area (Å²) in [5, 5.41) is 16.5. The largest absolute Gasteiger partial charge is 0.479 e. The van der Waals surface area contributed by atoms with Crippen molar-refractivity contribution in [2.75, 3.05) is 13.2 Å². The highest BCUT2D eigenvalue weighted by atomic mass is 16.5. The Morgan fingerprint density at radius 1 is 1.40 bits per heavy atom. The van der Waals surface area contributed by atoms with Crippen LogP contribution < -0.4 is 10.1 Å². The Kier molecular flexibility index (Phi) is 6.04. The maximum atomic E-state index is 8.54. The number of aryl methyl sites for hydroxylation is 1. The molecule has 6 nitrogen and oxygen atoms in total. The summed E-state index contributed by atoms with van der Waals surface area (Å²) >= 11 is 0. The van der Waals surface area contributed by atoms with Crippen molar-refractivity contribution in [3.05, 3.63) is 47.8 Å². The Labute approximate surface area is 148 Å². The number of benzene rings is 1. The zero-order valence-corrected chi connectivity index (χ0v) is 14.5. The first-order valence-corrected chi connectivity index (χ1v) is 8.76. The molecular formula is C19H24N4O2. The van der Waals surface area contributed by atoms with Crippen molar-refractivity contribution in [2.45, 2.75) is 45.0 Å². The van der Waals surface area contributed by atoms with Crippen LogP contribution in [0.5, 0.6) is 5.75 Å². The molecule has 1 N–H and O–H groups in total. The molecule has 1 saturated heterocycles. The summed E-state index contributed by atoms with van der Waals surface area (Å²) < 4.78 is 13.2. The molecule has 2 aromatic rings. The molecule has 0 bridgehead atoms. The molecule has 1 aromatic heterocycles. The molecule has 3 rings (SSSR count). The van der Waals surface area contributed by atoms with Crippen LogP contribution in [-0.2, 0) is 17.8 Å². The molecule has 1 aromatic carbocycles. The molecule has 2 heterocycles. The van der Waals surface area contributed by atoms with E-state index in [1.54, 1.807) is 0 Å². The van der Waals surface area contributed by atoms with E-state index in [4.69, 9.17) is 14.7 Å². The van der Waals surface area contributed by atoms with Crippen LogP contribution in [0.2, 0.25) is 0 Å². The van der Waals surface area contributed by atoms with Crippen LogP contribution in [0.4, 0.5) is 0 Å². The third-order valence-electron chi connectivity index (χ3n) is 4.42. The molecule has 132 valence electrons. The SMILES string of the molecule is CCn1cc([C@@H]2OCCC[C@H]2NCc2ccc(OCC#N)cc2)cn1. The molecule has 1 fully saturated rings. The fourth-order valence-electron chi connectivity index (χ4n) is 3.09. The average Bonchev–Trinajstić information content (AvgIpc) is 3.15. The molecule has 2 atom stereocenters. The number of hydrogen-bond donors (Lipinski definition) is 1. The predicted octanol–water partition coefficient (Wildman–Crippen LogP) is 2.82. The van der Waals surface area contributed by atoms with E-state index in [1.165, 1.54) is 5.56 Å². The lowest BCUT2D eigenvalue weighted by molar-refractivity contribution is -0.0112. The second-order valence-corrected chi connectivity index (χ2v) is 6.14. The molecule has 0 saturated carbocycles. The Morgan fingerprint density at radius 3 is 2.96 bits per heavy atom. The standard InChI is InChI=1S/C19H24N4O2/c1-2-23-14-16(13-22-23)19-18(4-3-10-25-19)21-12-15-5-7-17(8-6-15)24-11-9-20/h5-8,13-14,18-19,21H,2-4,10-12H2,1H3/t18-,19+/m1/s1. The van der Waals surface area contributed by atoms with E-state index >= 15 is 0 Å². The van der Waals surface area contributed by atoms with Gasteiger partial charge in [0.2, 0.25) is 0 Å². The van der Waals surface area contributed by atoms with Crippen LogP contribution in [0.25, 0.3) is 0 Å². The number of ether oxygens (including phenoxy) is 2. The van der Waals surface area contributed by atoms with Crippen LogP contribution in [0, 0.1) is 11.3 Å². The van der Waals surface area contributed by atoms with Gasteiger partial charge < -0.3 is 14.8 Å². The first-order chi connectivity index (χ1) is 12.3. The second-order valence-electron chi connectivity index (χ2n) is 6.14. The Balaban J connectivity index is 1.59. The highest BCUT2D eigenvalue weighted by molar-refractivity contribution is 5.27. The van der Waals surface area contributed by atoms with Crippen molar-refractivity contribution >= 4 is 0 Å². The maximum absolute atomic E-state index is 8.54. The Hall–Kier alpha value is -2.36. The lowest BCUT2D eigenvalue weighted by atomic mass is 9.98. The van der Waals surface area contributed by atoms with Gasteiger partial charge in [0.25, 0.3) is 0 Å². The topological polar surface area (TPSA) is 72.1 Å². The molecule has 0 aliphatic carbocycles. The Morgan fingerprint density at radius 2 is 2.24 bits per heavy atom. The molecular weight excluding hydrogens is 316 g/mol. The normalized spacial score (nSPS) is 20.2. The maximum Gasteiger partial charge on any atom is 0.174 e. The molecule has 25 heavy (non-hydrogen) atoms. The van der Waals surface area contributed by atoms with Gasteiger partial charge in [-0.2, -0.15) is 10.4 Å². The summed E-state index contributed by atoms with van der Waals surface area (Å²) in [6.07, 6.45) is 6.19. The molecule has 1 aliphatic rings. The first kappa shape index (κ1) is 17.5. The van der Waals surface area contributed by atoms with Gasteiger partial charge in [-0.25, -0.2) is 0 Å². The summed E-state index contributed by atoms with van der Waals surface area (Å²) in [5.74, 6) is 0.719. The summed E-state index contributed by atoms with van der Waals surface area (Å²) in [6.45, 7) is 4.59. The van der Waals surface area contributed by atoms with E-state index in [0.29, 0.717) is 0 Å². The van der Waals surface area contributed by atoms with Gasteiger partial charge in [0.1, 0.15) is 17.9 Å². The molecule has 6 heteroatoms. The van der Waals surface area contributed by atoms with Crippen molar-refractivity contribution in [3.8, 4) is 11.8 Å². The smallest absolute Gasteiger partial charge is 0.174 e. The Bertz CT molecular complexity index is 705. The van der Waals surface area contributed by atoms with E-state index in [1.807, 2.05) is 41.2 Å². The number of nitrogens with zero attached hydrogens (tertiary/aromatic N) is 3. The first-order valence-electron chi connectivity index (χ1n) is 8.76. The predicted molar refractivity (Wildman–Crippen MR) is 94.0 cm³/mol. The second kappa shape index (κ2) is 8.65. The minimum Gasteiger partial charge on any atom is -0.479 e. The summed E-state index contributed by atoms with van der Waals surface area (Å²) in [5.41, 5.74) is 2.32. The summed E-state index contributed by atoms with van der Waals surface area (Å²) in [7, 11) is 0. The number of hydrogen-bond acceptors (Lipinski definition) is 5. The summed E-state index contributed by atoms with van der Waals surface area (Å²) in [4.78, 5) is 0. The van der Waals surface area contributed by atoms with Crippen LogP contribution in [-0.4, -0.2) is 29.0 Å². The van der Waals surface area contributed by atoms with Crippen molar-refractivity contribution in [1.82, 2.24) is 15.1 Å². The zero-order chi connectivity index (χ0) is 17.5. The lowest BCUT2D eigenvalue weighted by Gasteiger charge is -2.32. The molecule has 0 unspecified atom stereocenters. The van der Waals surface area contributed by atoms with Gasteiger partial charge in [-0.3, -0.25) is 4.68 Å². The van der Waals surface area contributed by atoms with Crippen molar-refractivity contribution in [2.24, 2.45) is 0 Å². The third kappa shape index (κ3) is 4.59. The number of aromatic nitrogens is 2. The zero-order valence-electron chi connectivity index (χ0n) is 14.5. The average molecular weight is 340 g/mol. The quantitative estimate of drug-likeness (QED) is 0.839. The van der Waals surface area contributed by atoms with Gasteiger partial charge in [0, 0.05) is 37.5 Å². The van der Waals surface area contributed by atoms with Gasteiger partial charge in [-0.05, 0) is 37.5 Å². The van der Waals surface area contributed by atoms with Crippen molar-refractivity contribution in [3.63, 3.8) is 0 Å². The van der Waals surface area contributed by atoms with E-state index in [9.17, 15) is 0 Å². The van der Waals surface area contributed by atoms with E-state index in [0.717, 1.165) is 43.9 Å². The number of rotatable bonds is 7. The van der Waals surface area contributed by atoms with Crippen LogP contribution >= 0.6 is 0 Å². The third-order valence-corrected chi connectivity index (χ3v) is 4.42. The van der Waals surface area contributed by atoms with Gasteiger partial charge >= 0.3 is 0 Å². The minimum absolute atomic E-state index is 0.0484. The van der Waals surface area contributed by atoms with Crippen LogP contribution in [0.3, 0.4) is 0 Å². The van der Waals surface area contributed by atoms with E-state index in [2.05, 4.69) is 23.5 Å². The van der Waals surface area contributed by atoms with Gasteiger partial charge in [0.15, 0.2) is 6.61 Å². The highest BCUT2D eigenvalue weighted by Gasteiger charge is 2.28. The van der Waals surface area contributed by atoms with Crippen LogP contribution in [0.15, 0.2) is 36.7 Å². The highest BCUT2D eigenvalue weighted by Crippen LogP contribution is 2.28. The monoisotopic (exact) mass is 340 g/mol. The fourth-order valence-corrected chi connectivity index (χ4v) is 3.09. The summed E-state index contributed by atoms with van der Waals surface area (Å²) in [6, 6.07) is 10.1. The minimum atomic E-state index is 0.0484. The number of nitriles is 1. The van der Waals surface area contributed by atoms with Gasteiger partial charge in [0.05, 0.1) is 6.20 Å². The van der Waals surface area contributed by atoms with Gasteiger partial charge in [-0.15, -0.1) is 0 Å². The van der Waals surface area contributed by atoms with Crippen molar-refractivity contribution in [1.29, 1.82) is 5.26 Å². The molecule has 0 spiro atoms. The van der Waals surface area contributed by atoms with Gasteiger partial charge in [-0.1, -0.05) is 12.1 Å². The van der Waals surface area contributed by atoms with Crippen LogP contribution in [0.1, 0.15) is 37.0 Å². The molecule has 1 aliphatic heterocycles. The van der Waals surface area contributed by atoms with Crippen molar-refractivity contribution < 1.29 is 9.47 Å². The molecule has 0 amide bonds. The number of nitrogens with one attached hydrogen (secondary N) is 1. The molecule has 0 radical (unpaired) electrons. The lowest BCUT2D eigenvalue weighted by Crippen LogP contribution is -2.39.